The average Bonchev–Trinajstić information content (AvgIpc) is 3.04. The number of unbranched alkanes of at least 4 members (excludes halogenated alkanes) is 4. The maximum atomic E-state index is 12.3. The first-order valence-electron chi connectivity index (χ1n) is 16.3. The van der Waals surface area contributed by atoms with Gasteiger partial charge in [0.15, 0.2) is 6.29 Å². The molecule has 0 aromatic heterocycles. The van der Waals surface area contributed by atoms with Crippen LogP contribution in [0.1, 0.15) is 63.4 Å². The Balaban J connectivity index is 1.46. The second-order valence-electron chi connectivity index (χ2n) is 11.3. The third-order valence-corrected chi connectivity index (χ3v) is 7.10. The predicted molar refractivity (Wildman–Crippen MR) is 171 cm³/mol. The summed E-state index contributed by atoms with van der Waals surface area (Å²) in [5.41, 5.74) is 0.902. The first-order chi connectivity index (χ1) is 22.7. The van der Waals surface area contributed by atoms with Gasteiger partial charge in [0.05, 0.1) is 26.2 Å². The van der Waals surface area contributed by atoms with Crippen molar-refractivity contribution in [3.8, 4) is 0 Å². The van der Waals surface area contributed by atoms with Crippen LogP contribution in [0.3, 0.4) is 0 Å². The number of aliphatic hydroxyl groups excluding tert-OH is 1. The van der Waals surface area contributed by atoms with Gasteiger partial charge in [0.1, 0.15) is 12.7 Å². The van der Waals surface area contributed by atoms with Gasteiger partial charge in [-0.2, -0.15) is 0 Å². The standard InChI is InChI=1S/C32H51N5O10/c38-26-13-10-19-45-31(26)46-20-18-35-27(39)14-6-2-7-15-33-28(40)21-37(23-30(42)43)22-29(41)34-16-8-3-9-17-36-32(44)47-24-25-11-4-1-5-12-25/h1,4-5,11-12,26,31,38H,2-3,6-10,13-24H2,(H,33,40)(H,34,41)(H,35,39)(H,36,44)(H,42,43)/t26-,31-/m0/s1. The summed E-state index contributed by atoms with van der Waals surface area (Å²) in [5, 5.41) is 29.9. The van der Waals surface area contributed by atoms with Gasteiger partial charge in [0.2, 0.25) is 17.7 Å². The van der Waals surface area contributed by atoms with Crippen LogP contribution in [0, 0.1) is 0 Å². The van der Waals surface area contributed by atoms with Gasteiger partial charge in [-0.15, -0.1) is 0 Å². The lowest BCUT2D eigenvalue weighted by atomic mass is 10.1. The van der Waals surface area contributed by atoms with Crippen molar-refractivity contribution in [1.29, 1.82) is 0 Å². The molecule has 0 spiro atoms. The highest BCUT2D eigenvalue weighted by atomic mass is 16.7. The molecule has 1 aromatic rings. The molecule has 0 bridgehead atoms. The monoisotopic (exact) mass is 665 g/mol. The van der Waals surface area contributed by atoms with E-state index in [2.05, 4.69) is 21.3 Å². The van der Waals surface area contributed by atoms with Crippen molar-refractivity contribution in [3.63, 3.8) is 0 Å². The number of carboxylic acids is 1. The van der Waals surface area contributed by atoms with Crippen LogP contribution in [-0.4, -0.2) is 116 Å². The highest BCUT2D eigenvalue weighted by Gasteiger charge is 2.24. The van der Waals surface area contributed by atoms with Gasteiger partial charge in [-0.1, -0.05) is 36.8 Å². The van der Waals surface area contributed by atoms with E-state index in [0.29, 0.717) is 77.7 Å². The van der Waals surface area contributed by atoms with Crippen molar-refractivity contribution < 1.29 is 48.4 Å². The van der Waals surface area contributed by atoms with Crippen LogP contribution in [0.5, 0.6) is 0 Å². The van der Waals surface area contributed by atoms with E-state index in [1.54, 1.807) is 0 Å². The summed E-state index contributed by atoms with van der Waals surface area (Å²) in [4.78, 5) is 60.9. The van der Waals surface area contributed by atoms with Crippen molar-refractivity contribution in [1.82, 2.24) is 26.2 Å². The lowest BCUT2D eigenvalue weighted by Gasteiger charge is -2.27. The number of ether oxygens (including phenoxy) is 3. The molecule has 0 radical (unpaired) electrons. The van der Waals surface area contributed by atoms with Gasteiger partial charge in [-0.3, -0.25) is 24.1 Å². The second kappa shape index (κ2) is 24.4. The SMILES string of the molecule is O=C(O)CN(CC(=O)NCCCCCNC(=O)OCc1ccccc1)CC(=O)NCCCCCC(=O)NCCO[C@@H]1OCCC[C@@H]1O. The second-order valence-corrected chi connectivity index (χ2v) is 11.3. The number of aliphatic carboxylic acids is 1. The zero-order chi connectivity index (χ0) is 34.1. The minimum absolute atomic E-state index is 0.112. The fourth-order valence-corrected chi connectivity index (χ4v) is 4.66. The Morgan fingerprint density at radius 2 is 1.40 bits per heavy atom. The van der Waals surface area contributed by atoms with Crippen molar-refractivity contribution in [2.24, 2.45) is 0 Å². The van der Waals surface area contributed by atoms with E-state index in [0.717, 1.165) is 18.4 Å². The number of benzene rings is 1. The Morgan fingerprint density at radius 1 is 0.787 bits per heavy atom. The molecule has 264 valence electrons. The number of carbonyl (C=O) groups is 5. The van der Waals surface area contributed by atoms with Crippen LogP contribution in [-0.2, 0) is 40.0 Å². The summed E-state index contributed by atoms with van der Waals surface area (Å²) < 4.78 is 15.9. The summed E-state index contributed by atoms with van der Waals surface area (Å²) in [5.74, 6) is -2.03. The van der Waals surface area contributed by atoms with Crippen molar-refractivity contribution in [2.45, 2.75) is 76.8 Å². The molecule has 1 heterocycles. The molecule has 15 heteroatoms. The number of amides is 4. The van der Waals surface area contributed by atoms with E-state index in [1.807, 2.05) is 30.3 Å². The molecule has 1 saturated heterocycles. The highest BCUT2D eigenvalue weighted by Crippen LogP contribution is 2.14. The van der Waals surface area contributed by atoms with E-state index in [-0.39, 0.29) is 38.1 Å². The van der Waals surface area contributed by atoms with Gasteiger partial charge in [-0.05, 0) is 50.5 Å². The van der Waals surface area contributed by atoms with Crippen molar-refractivity contribution in [3.05, 3.63) is 35.9 Å². The first-order valence-corrected chi connectivity index (χ1v) is 16.3. The fourth-order valence-electron chi connectivity index (χ4n) is 4.66. The molecule has 2 atom stereocenters. The van der Waals surface area contributed by atoms with Crippen LogP contribution in [0.25, 0.3) is 0 Å². The molecular formula is C32H51N5O10. The average molecular weight is 666 g/mol. The van der Waals surface area contributed by atoms with E-state index in [4.69, 9.17) is 14.2 Å². The Kier molecular flexibility index (Phi) is 20.4. The molecular weight excluding hydrogens is 614 g/mol. The van der Waals surface area contributed by atoms with E-state index >= 15 is 0 Å². The molecule has 47 heavy (non-hydrogen) atoms. The molecule has 0 unspecified atom stereocenters. The molecule has 0 aliphatic carbocycles. The predicted octanol–water partition coefficient (Wildman–Crippen LogP) is 0.893. The van der Waals surface area contributed by atoms with Gasteiger partial charge in [0.25, 0.3) is 0 Å². The fraction of sp³-hybridized carbons (Fsp3) is 0.656. The smallest absolute Gasteiger partial charge is 0.407 e. The summed E-state index contributed by atoms with van der Waals surface area (Å²) in [6.07, 6.45) is 4.09. The van der Waals surface area contributed by atoms with Gasteiger partial charge < -0.3 is 45.7 Å². The highest BCUT2D eigenvalue weighted by molar-refractivity contribution is 5.82. The Bertz CT molecular complexity index is 1080. The third kappa shape index (κ3) is 20.1. The first kappa shape index (κ1) is 39.4. The number of rotatable bonds is 24. The molecule has 1 aromatic carbocycles. The van der Waals surface area contributed by atoms with Crippen LogP contribution >= 0.6 is 0 Å². The van der Waals surface area contributed by atoms with Crippen LogP contribution in [0.15, 0.2) is 30.3 Å². The number of hydrogen-bond acceptors (Lipinski definition) is 10. The summed E-state index contributed by atoms with van der Waals surface area (Å²) in [7, 11) is 0. The van der Waals surface area contributed by atoms with Crippen molar-refractivity contribution in [2.75, 3.05) is 59.0 Å². The minimum Gasteiger partial charge on any atom is -0.480 e. The van der Waals surface area contributed by atoms with E-state index in [9.17, 15) is 34.2 Å². The molecule has 6 N–H and O–H groups in total. The maximum absolute atomic E-state index is 12.3. The third-order valence-electron chi connectivity index (χ3n) is 7.10. The lowest BCUT2D eigenvalue weighted by Crippen LogP contribution is -2.45. The van der Waals surface area contributed by atoms with Gasteiger partial charge in [0, 0.05) is 39.2 Å². The molecule has 0 saturated carbocycles. The van der Waals surface area contributed by atoms with Crippen molar-refractivity contribution >= 4 is 29.8 Å². The lowest BCUT2D eigenvalue weighted by molar-refractivity contribution is -0.213. The molecule has 4 amide bonds. The molecule has 2 rings (SSSR count). The van der Waals surface area contributed by atoms with Gasteiger partial charge >= 0.3 is 12.1 Å². The normalized spacial score (nSPS) is 15.9. The zero-order valence-electron chi connectivity index (χ0n) is 27.1. The summed E-state index contributed by atoms with van der Waals surface area (Å²) in [6.45, 7) is 1.58. The Morgan fingerprint density at radius 3 is 2.04 bits per heavy atom. The molecule has 15 nitrogen and oxygen atoms in total. The number of alkyl carbamates (subject to hydrolysis) is 1. The Labute approximate surface area is 276 Å². The quantitative estimate of drug-likeness (QED) is 0.0856. The molecule has 1 aliphatic heterocycles. The number of carboxylic acid groups (broad SMARTS) is 1. The van der Waals surface area contributed by atoms with E-state index < -0.39 is 36.9 Å². The zero-order valence-corrected chi connectivity index (χ0v) is 27.1. The largest absolute Gasteiger partial charge is 0.480 e. The molecule has 1 aliphatic rings. The number of carbonyl (C=O) groups excluding carboxylic acids is 4. The number of nitrogens with zero attached hydrogens (tertiary/aromatic N) is 1. The van der Waals surface area contributed by atoms with Gasteiger partial charge in [-0.25, -0.2) is 4.79 Å². The topological polar surface area (TPSA) is 205 Å². The van der Waals surface area contributed by atoms with Crippen LogP contribution in [0.2, 0.25) is 0 Å². The Hall–Kier alpha value is -3.79. The van der Waals surface area contributed by atoms with Crippen LogP contribution < -0.4 is 21.3 Å². The number of aliphatic hydroxyl groups is 1. The molecule has 1 fully saturated rings. The summed E-state index contributed by atoms with van der Waals surface area (Å²) >= 11 is 0. The summed E-state index contributed by atoms with van der Waals surface area (Å²) in [6, 6.07) is 9.37. The van der Waals surface area contributed by atoms with E-state index in [1.165, 1.54) is 4.90 Å². The van der Waals surface area contributed by atoms with Crippen LogP contribution in [0.4, 0.5) is 4.79 Å². The number of nitrogens with one attached hydrogen (secondary N) is 4. The number of hydrogen-bond donors (Lipinski definition) is 6. The minimum atomic E-state index is -1.15. The maximum Gasteiger partial charge on any atom is 0.407 e.